The molecule has 1 aromatic carbocycles. The zero-order chi connectivity index (χ0) is 25.6. The van der Waals surface area contributed by atoms with Crippen molar-refractivity contribution < 1.29 is 13.2 Å². The van der Waals surface area contributed by atoms with Crippen LogP contribution in [0, 0.1) is 16.7 Å². The van der Waals surface area contributed by atoms with Crippen LogP contribution in [0.4, 0.5) is 0 Å². The summed E-state index contributed by atoms with van der Waals surface area (Å²) in [6.45, 7) is 9.64. The van der Waals surface area contributed by atoms with Gasteiger partial charge in [-0.2, -0.15) is 9.57 Å². The molecule has 35 heavy (non-hydrogen) atoms. The van der Waals surface area contributed by atoms with Crippen LogP contribution in [-0.4, -0.2) is 78.1 Å². The van der Waals surface area contributed by atoms with Crippen LogP contribution in [0.1, 0.15) is 44.0 Å². The zero-order valence-corrected chi connectivity index (χ0v) is 21.9. The van der Waals surface area contributed by atoms with Gasteiger partial charge in [0, 0.05) is 51.0 Å². The van der Waals surface area contributed by atoms with E-state index in [0.29, 0.717) is 44.7 Å². The van der Waals surface area contributed by atoms with Gasteiger partial charge in [0.2, 0.25) is 15.9 Å². The third kappa shape index (κ3) is 7.88. The molecule has 10 heteroatoms. The highest BCUT2D eigenvalue weighted by Crippen LogP contribution is 2.21. The van der Waals surface area contributed by atoms with Crippen LogP contribution in [0.2, 0.25) is 0 Å². The molecule has 2 aromatic rings. The minimum absolute atomic E-state index is 0.171. The number of nitrogens with zero attached hydrogens (tertiary/aromatic N) is 5. The van der Waals surface area contributed by atoms with Gasteiger partial charge in [0.25, 0.3) is 0 Å². The van der Waals surface area contributed by atoms with Gasteiger partial charge in [-0.25, -0.2) is 13.4 Å². The van der Waals surface area contributed by atoms with Crippen molar-refractivity contribution in [1.82, 2.24) is 24.1 Å². The number of nitriles is 1. The molecule has 190 valence electrons. The Labute approximate surface area is 208 Å². The van der Waals surface area contributed by atoms with Gasteiger partial charge in [-0.15, -0.1) is 0 Å². The summed E-state index contributed by atoms with van der Waals surface area (Å²) in [5.74, 6) is -0.274. The van der Waals surface area contributed by atoms with Gasteiger partial charge < -0.3 is 9.88 Å². The first-order valence-corrected chi connectivity index (χ1v) is 13.8. The SMILES string of the molecule is CC(C)(C)CCN1CCN(S(C)(=O)=O)C(C(=O)NCCc2cncn2Cc2cccc(C#N)c2)C1. The highest BCUT2D eigenvalue weighted by atomic mass is 32.2. The van der Waals surface area contributed by atoms with Crippen LogP contribution in [0.15, 0.2) is 36.8 Å². The molecule has 9 nitrogen and oxygen atoms in total. The smallest absolute Gasteiger partial charge is 0.239 e. The molecular weight excluding hydrogens is 464 g/mol. The number of hydrogen-bond acceptors (Lipinski definition) is 6. The minimum atomic E-state index is -3.49. The summed E-state index contributed by atoms with van der Waals surface area (Å²) in [6.07, 6.45) is 6.19. The average Bonchev–Trinajstić information content (AvgIpc) is 3.23. The van der Waals surface area contributed by atoms with Crippen LogP contribution < -0.4 is 5.32 Å². The Morgan fingerprint density at radius 3 is 2.74 bits per heavy atom. The number of aromatic nitrogens is 2. The van der Waals surface area contributed by atoms with E-state index in [1.807, 2.05) is 22.8 Å². The normalized spacial score (nSPS) is 17.7. The lowest BCUT2D eigenvalue weighted by atomic mass is 9.92. The molecule has 0 saturated carbocycles. The molecule has 0 spiro atoms. The van der Waals surface area contributed by atoms with Crippen LogP contribution in [0.5, 0.6) is 0 Å². The van der Waals surface area contributed by atoms with Crippen molar-refractivity contribution in [2.45, 2.75) is 46.2 Å². The van der Waals surface area contributed by atoms with E-state index in [1.165, 1.54) is 4.31 Å². The Morgan fingerprint density at radius 2 is 2.06 bits per heavy atom. The molecule has 0 aliphatic carbocycles. The monoisotopic (exact) mass is 500 g/mol. The molecule has 1 aromatic heterocycles. The van der Waals surface area contributed by atoms with Crippen molar-refractivity contribution in [3.05, 3.63) is 53.6 Å². The van der Waals surface area contributed by atoms with Crippen molar-refractivity contribution >= 4 is 15.9 Å². The Morgan fingerprint density at radius 1 is 1.29 bits per heavy atom. The van der Waals surface area contributed by atoms with Crippen molar-refractivity contribution in [1.29, 1.82) is 5.26 Å². The highest BCUT2D eigenvalue weighted by molar-refractivity contribution is 7.88. The van der Waals surface area contributed by atoms with Gasteiger partial charge in [-0.3, -0.25) is 9.69 Å². The second-order valence-corrected chi connectivity index (χ2v) is 12.3. The lowest BCUT2D eigenvalue weighted by Crippen LogP contribution is -2.60. The number of sulfonamides is 1. The average molecular weight is 501 g/mol. The number of benzene rings is 1. The fourth-order valence-electron chi connectivity index (χ4n) is 4.20. The predicted octanol–water partition coefficient (Wildman–Crippen LogP) is 1.84. The first-order chi connectivity index (χ1) is 16.5. The Bertz CT molecular complexity index is 1160. The second kappa shape index (κ2) is 11.3. The van der Waals surface area contributed by atoms with E-state index in [4.69, 9.17) is 5.26 Å². The molecule has 1 amide bonds. The first-order valence-electron chi connectivity index (χ1n) is 11.9. The summed E-state index contributed by atoms with van der Waals surface area (Å²) < 4.78 is 28.0. The molecule has 1 fully saturated rings. The summed E-state index contributed by atoms with van der Waals surface area (Å²) in [5, 5.41) is 12.1. The quantitative estimate of drug-likeness (QED) is 0.562. The van der Waals surface area contributed by atoms with Gasteiger partial charge in [-0.1, -0.05) is 32.9 Å². The van der Waals surface area contributed by atoms with Gasteiger partial charge in [0.15, 0.2) is 0 Å². The topological polar surface area (TPSA) is 111 Å². The van der Waals surface area contributed by atoms with Gasteiger partial charge in [-0.05, 0) is 36.1 Å². The van der Waals surface area contributed by atoms with Crippen molar-refractivity contribution in [2.75, 3.05) is 39.0 Å². The third-order valence-electron chi connectivity index (χ3n) is 6.21. The zero-order valence-electron chi connectivity index (χ0n) is 21.1. The number of carbonyl (C=O) groups excluding carboxylic acids is 1. The maximum atomic E-state index is 13.1. The Hall–Kier alpha value is -2.74. The van der Waals surface area contributed by atoms with Crippen LogP contribution in [0.3, 0.4) is 0 Å². The number of amides is 1. The standard InChI is InChI=1S/C25H36N6O3S/c1-25(2,3)9-11-29-12-13-31(35(4,33)34)23(18-29)24(32)28-10-8-22-16-27-19-30(22)17-21-7-5-6-20(14-21)15-26/h5-7,14,16,19,23H,8-13,17-18H2,1-4H3,(H,28,32). The molecule has 1 N–H and O–H groups in total. The third-order valence-corrected chi connectivity index (χ3v) is 7.50. The molecule has 1 unspecified atom stereocenters. The van der Waals surface area contributed by atoms with E-state index in [-0.39, 0.29) is 11.3 Å². The molecule has 1 aliphatic rings. The summed E-state index contributed by atoms with van der Waals surface area (Å²) in [4.78, 5) is 19.5. The van der Waals surface area contributed by atoms with Gasteiger partial charge >= 0.3 is 0 Å². The maximum Gasteiger partial charge on any atom is 0.239 e. The Balaban J connectivity index is 1.60. The summed E-state index contributed by atoms with van der Waals surface area (Å²) in [7, 11) is -3.49. The fourth-order valence-corrected chi connectivity index (χ4v) is 5.23. The largest absolute Gasteiger partial charge is 0.354 e. The van der Waals surface area contributed by atoms with E-state index in [9.17, 15) is 13.2 Å². The minimum Gasteiger partial charge on any atom is -0.354 e. The number of hydrogen-bond donors (Lipinski definition) is 1. The van der Waals surface area contributed by atoms with E-state index in [2.05, 4.69) is 42.0 Å². The lowest BCUT2D eigenvalue weighted by molar-refractivity contribution is -0.126. The molecular formula is C25H36N6O3S. The van der Waals surface area contributed by atoms with Crippen LogP contribution >= 0.6 is 0 Å². The highest BCUT2D eigenvalue weighted by Gasteiger charge is 2.37. The van der Waals surface area contributed by atoms with Gasteiger partial charge in [0.1, 0.15) is 6.04 Å². The van der Waals surface area contributed by atoms with E-state index in [0.717, 1.165) is 30.5 Å². The number of imidazole rings is 1. The number of rotatable bonds is 9. The van der Waals surface area contributed by atoms with Crippen molar-refractivity contribution in [2.24, 2.45) is 5.41 Å². The number of nitrogens with one attached hydrogen (secondary N) is 1. The molecule has 2 heterocycles. The number of carbonyl (C=O) groups is 1. The molecule has 1 aliphatic heterocycles. The van der Waals surface area contributed by atoms with Crippen molar-refractivity contribution in [3.8, 4) is 6.07 Å². The van der Waals surface area contributed by atoms with E-state index >= 15 is 0 Å². The Kier molecular flexibility index (Phi) is 8.70. The van der Waals surface area contributed by atoms with Crippen LogP contribution in [-0.2, 0) is 27.8 Å². The van der Waals surface area contributed by atoms with E-state index in [1.54, 1.807) is 18.6 Å². The molecule has 0 radical (unpaired) electrons. The van der Waals surface area contributed by atoms with Crippen molar-refractivity contribution in [3.63, 3.8) is 0 Å². The van der Waals surface area contributed by atoms with Gasteiger partial charge in [0.05, 0.1) is 24.2 Å². The molecule has 1 saturated heterocycles. The second-order valence-electron chi connectivity index (χ2n) is 10.4. The maximum absolute atomic E-state index is 13.1. The molecule has 3 rings (SSSR count). The predicted molar refractivity (Wildman–Crippen MR) is 135 cm³/mol. The van der Waals surface area contributed by atoms with Crippen LogP contribution in [0.25, 0.3) is 0 Å². The molecule has 0 bridgehead atoms. The summed E-state index contributed by atoms with van der Waals surface area (Å²) in [5.41, 5.74) is 2.72. The number of piperazine rings is 1. The van der Waals surface area contributed by atoms with E-state index < -0.39 is 16.1 Å². The lowest BCUT2D eigenvalue weighted by Gasteiger charge is -2.39. The summed E-state index contributed by atoms with van der Waals surface area (Å²) >= 11 is 0. The fraction of sp³-hybridized carbons (Fsp3) is 0.560. The molecule has 1 atom stereocenters. The first kappa shape index (κ1) is 26.9. The summed E-state index contributed by atoms with van der Waals surface area (Å²) in [6, 6.07) is 8.84.